The van der Waals surface area contributed by atoms with Crippen molar-refractivity contribution in [2.24, 2.45) is 5.92 Å². The van der Waals surface area contributed by atoms with Gasteiger partial charge in [0.25, 0.3) is 5.91 Å². The van der Waals surface area contributed by atoms with E-state index in [1.165, 1.54) is 23.5 Å². The number of rotatable bonds is 2. The lowest BCUT2D eigenvalue weighted by atomic mass is 10.1. The maximum Gasteiger partial charge on any atom is 0.264 e. The number of thiophene rings is 1. The minimum absolute atomic E-state index is 0.0154. The van der Waals surface area contributed by atoms with Gasteiger partial charge in [0, 0.05) is 23.2 Å². The summed E-state index contributed by atoms with van der Waals surface area (Å²) in [4.78, 5) is 15.1. The van der Waals surface area contributed by atoms with Crippen LogP contribution in [0.15, 0.2) is 24.3 Å². The van der Waals surface area contributed by atoms with Gasteiger partial charge in [-0.25, -0.2) is 4.39 Å². The van der Waals surface area contributed by atoms with Crippen LogP contribution in [0.2, 0.25) is 0 Å². The van der Waals surface area contributed by atoms with Crippen LogP contribution in [0, 0.1) is 11.7 Å². The standard InChI is InChI=1S/C15H15ClFNOS/c1-9-4-5-18(12(9)8-16)15(19)14-6-10-2-3-11(17)7-13(10)20-14/h2-3,6-7,9,12H,4-5,8H2,1H3. The Morgan fingerprint density at radius 2 is 2.30 bits per heavy atom. The molecule has 2 nitrogen and oxygen atoms in total. The number of nitrogens with zero attached hydrogens (tertiary/aromatic N) is 1. The first kappa shape index (κ1) is 13.8. The van der Waals surface area contributed by atoms with Crippen molar-refractivity contribution in [2.75, 3.05) is 12.4 Å². The van der Waals surface area contributed by atoms with Gasteiger partial charge in [-0.3, -0.25) is 4.79 Å². The summed E-state index contributed by atoms with van der Waals surface area (Å²) in [5, 5.41) is 0.911. The number of hydrogen-bond acceptors (Lipinski definition) is 2. The average molecular weight is 312 g/mol. The smallest absolute Gasteiger partial charge is 0.264 e. The second-order valence-corrected chi connectivity index (χ2v) is 6.67. The molecule has 1 aromatic heterocycles. The van der Waals surface area contributed by atoms with Gasteiger partial charge in [0.2, 0.25) is 0 Å². The van der Waals surface area contributed by atoms with E-state index in [4.69, 9.17) is 11.6 Å². The Bertz CT molecular complexity index is 656. The molecule has 2 unspecified atom stereocenters. The number of amides is 1. The first-order chi connectivity index (χ1) is 9.60. The van der Waals surface area contributed by atoms with Crippen LogP contribution in [0.3, 0.4) is 0 Å². The third-order valence-electron chi connectivity index (χ3n) is 3.99. The Balaban J connectivity index is 1.92. The van der Waals surface area contributed by atoms with Crippen LogP contribution in [0.25, 0.3) is 10.1 Å². The van der Waals surface area contributed by atoms with E-state index in [1.54, 1.807) is 6.07 Å². The van der Waals surface area contributed by atoms with E-state index in [2.05, 4.69) is 6.92 Å². The van der Waals surface area contributed by atoms with Crippen molar-refractivity contribution in [3.05, 3.63) is 35.0 Å². The molecule has 20 heavy (non-hydrogen) atoms. The first-order valence-electron chi connectivity index (χ1n) is 6.66. The molecule has 0 N–H and O–H groups in total. The van der Waals surface area contributed by atoms with Gasteiger partial charge in [-0.05, 0) is 35.9 Å². The summed E-state index contributed by atoms with van der Waals surface area (Å²) in [5.41, 5.74) is 0. The maximum absolute atomic E-state index is 13.2. The van der Waals surface area contributed by atoms with Gasteiger partial charge in [-0.15, -0.1) is 22.9 Å². The summed E-state index contributed by atoms with van der Waals surface area (Å²) >= 11 is 7.33. The summed E-state index contributed by atoms with van der Waals surface area (Å²) in [6, 6.07) is 6.55. The molecule has 2 aromatic rings. The minimum atomic E-state index is -0.272. The van der Waals surface area contributed by atoms with Gasteiger partial charge >= 0.3 is 0 Å². The fourth-order valence-electron chi connectivity index (χ4n) is 2.75. The van der Waals surface area contributed by atoms with Gasteiger partial charge in [0.05, 0.1) is 4.88 Å². The monoisotopic (exact) mass is 311 g/mol. The van der Waals surface area contributed by atoms with E-state index in [0.717, 1.165) is 23.1 Å². The highest BCUT2D eigenvalue weighted by molar-refractivity contribution is 7.20. The summed E-state index contributed by atoms with van der Waals surface area (Å²) in [6.45, 7) is 2.88. The Hall–Kier alpha value is -1.13. The van der Waals surface area contributed by atoms with Crippen molar-refractivity contribution in [1.82, 2.24) is 4.90 Å². The largest absolute Gasteiger partial charge is 0.333 e. The van der Waals surface area contributed by atoms with Crippen molar-refractivity contribution >= 4 is 38.9 Å². The number of fused-ring (bicyclic) bond motifs is 1. The van der Waals surface area contributed by atoms with Crippen LogP contribution >= 0.6 is 22.9 Å². The number of halogens is 2. The molecule has 5 heteroatoms. The molecule has 106 valence electrons. The zero-order valence-corrected chi connectivity index (χ0v) is 12.7. The lowest BCUT2D eigenvalue weighted by Gasteiger charge is -2.24. The van der Waals surface area contributed by atoms with Crippen molar-refractivity contribution in [2.45, 2.75) is 19.4 Å². The Labute approximate surface area is 126 Å². The summed E-state index contributed by atoms with van der Waals surface area (Å²) < 4.78 is 14.0. The molecule has 3 rings (SSSR count). The van der Waals surface area contributed by atoms with E-state index >= 15 is 0 Å². The van der Waals surface area contributed by atoms with E-state index in [9.17, 15) is 9.18 Å². The van der Waals surface area contributed by atoms with Crippen LogP contribution in [0.1, 0.15) is 23.0 Å². The second kappa shape index (κ2) is 5.34. The van der Waals surface area contributed by atoms with Gasteiger partial charge < -0.3 is 4.90 Å². The SMILES string of the molecule is CC1CCN(C(=O)c2cc3ccc(F)cc3s2)C1CCl. The number of alkyl halides is 1. The second-order valence-electron chi connectivity index (χ2n) is 5.28. The van der Waals surface area contributed by atoms with E-state index in [0.29, 0.717) is 16.7 Å². The Morgan fingerprint density at radius 1 is 1.50 bits per heavy atom. The molecule has 1 aliphatic rings. The molecule has 0 aliphatic carbocycles. The zero-order chi connectivity index (χ0) is 14.3. The summed E-state index contributed by atoms with van der Waals surface area (Å²) in [7, 11) is 0. The number of carbonyl (C=O) groups is 1. The molecular weight excluding hydrogens is 297 g/mol. The number of benzene rings is 1. The predicted molar refractivity (Wildman–Crippen MR) is 81.1 cm³/mol. The van der Waals surface area contributed by atoms with E-state index in [1.807, 2.05) is 11.0 Å². The van der Waals surface area contributed by atoms with E-state index in [-0.39, 0.29) is 17.8 Å². The van der Waals surface area contributed by atoms with Crippen LogP contribution in [0.5, 0.6) is 0 Å². The highest BCUT2D eigenvalue weighted by Crippen LogP contribution is 2.31. The minimum Gasteiger partial charge on any atom is -0.333 e. The molecule has 1 saturated heterocycles. The lowest BCUT2D eigenvalue weighted by Crippen LogP contribution is -2.38. The molecule has 0 bridgehead atoms. The molecule has 1 aromatic carbocycles. The first-order valence-corrected chi connectivity index (χ1v) is 8.01. The summed E-state index contributed by atoms with van der Waals surface area (Å²) in [5.74, 6) is 0.642. The molecule has 1 fully saturated rings. The maximum atomic E-state index is 13.2. The Morgan fingerprint density at radius 3 is 3.05 bits per heavy atom. The molecule has 1 aliphatic heterocycles. The normalized spacial score (nSPS) is 22.6. The lowest BCUT2D eigenvalue weighted by molar-refractivity contribution is 0.0742. The number of carbonyl (C=O) groups excluding carboxylic acids is 1. The van der Waals surface area contributed by atoms with Crippen molar-refractivity contribution in [3.8, 4) is 0 Å². The number of hydrogen-bond donors (Lipinski definition) is 0. The van der Waals surface area contributed by atoms with Crippen LogP contribution in [-0.4, -0.2) is 29.3 Å². The quantitative estimate of drug-likeness (QED) is 0.764. The molecule has 2 atom stereocenters. The fraction of sp³-hybridized carbons (Fsp3) is 0.400. The third-order valence-corrected chi connectivity index (χ3v) is 5.40. The van der Waals surface area contributed by atoms with Crippen molar-refractivity contribution in [1.29, 1.82) is 0 Å². The molecular formula is C15H15ClFNOS. The van der Waals surface area contributed by atoms with Gasteiger partial charge in [-0.2, -0.15) is 0 Å². The van der Waals surface area contributed by atoms with Crippen LogP contribution in [-0.2, 0) is 0 Å². The van der Waals surface area contributed by atoms with Gasteiger partial charge in [-0.1, -0.05) is 13.0 Å². The third kappa shape index (κ3) is 2.31. The van der Waals surface area contributed by atoms with Crippen LogP contribution in [0.4, 0.5) is 4.39 Å². The van der Waals surface area contributed by atoms with Crippen molar-refractivity contribution in [3.63, 3.8) is 0 Å². The molecule has 1 amide bonds. The fourth-order valence-corrected chi connectivity index (χ4v) is 4.26. The number of likely N-dealkylation sites (tertiary alicyclic amines) is 1. The zero-order valence-electron chi connectivity index (χ0n) is 11.1. The molecule has 0 radical (unpaired) electrons. The average Bonchev–Trinajstić information content (AvgIpc) is 3.00. The van der Waals surface area contributed by atoms with Gasteiger partial charge in [0.15, 0.2) is 0 Å². The molecule has 0 saturated carbocycles. The highest BCUT2D eigenvalue weighted by Gasteiger charge is 2.34. The summed E-state index contributed by atoms with van der Waals surface area (Å²) in [6.07, 6.45) is 0.989. The predicted octanol–water partition coefficient (Wildman–Crippen LogP) is 4.13. The topological polar surface area (TPSA) is 20.3 Å². The molecule has 2 heterocycles. The Kier molecular flexibility index (Phi) is 3.69. The van der Waals surface area contributed by atoms with Crippen LogP contribution < -0.4 is 0 Å². The highest BCUT2D eigenvalue weighted by atomic mass is 35.5. The van der Waals surface area contributed by atoms with Gasteiger partial charge in [0.1, 0.15) is 5.82 Å². The van der Waals surface area contributed by atoms with Crippen molar-refractivity contribution < 1.29 is 9.18 Å². The molecule has 0 spiro atoms. The van der Waals surface area contributed by atoms with E-state index < -0.39 is 0 Å².